The Morgan fingerprint density at radius 2 is 1.73 bits per heavy atom. The second-order valence-electron chi connectivity index (χ2n) is 4.52. The first-order chi connectivity index (χ1) is 10.3. The van der Waals surface area contributed by atoms with Gasteiger partial charge >= 0.3 is 0 Å². The van der Waals surface area contributed by atoms with Crippen molar-refractivity contribution < 1.29 is 8.42 Å². The molecule has 0 atom stereocenters. The van der Waals surface area contributed by atoms with E-state index in [0.29, 0.717) is 15.7 Å². The summed E-state index contributed by atoms with van der Waals surface area (Å²) >= 11 is 11.7. The van der Waals surface area contributed by atoms with Gasteiger partial charge in [-0.1, -0.05) is 40.9 Å². The van der Waals surface area contributed by atoms with E-state index >= 15 is 0 Å². The van der Waals surface area contributed by atoms with Gasteiger partial charge in [-0.05, 0) is 37.3 Å². The molecule has 0 aliphatic heterocycles. The molecule has 0 amide bonds. The number of guanidine groups is 1. The fourth-order valence-electron chi connectivity index (χ4n) is 1.64. The van der Waals surface area contributed by atoms with E-state index < -0.39 is 10.0 Å². The minimum atomic E-state index is -3.87. The fourth-order valence-corrected chi connectivity index (χ4v) is 2.83. The smallest absolute Gasteiger partial charge is 0.285 e. The number of hydrogen-bond donors (Lipinski definition) is 2. The predicted molar refractivity (Wildman–Crippen MR) is 90.1 cm³/mol. The highest BCUT2D eigenvalue weighted by molar-refractivity contribution is 7.90. The van der Waals surface area contributed by atoms with Crippen LogP contribution in [0, 0.1) is 6.92 Å². The number of rotatable bonds is 3. The zero-order valence-electron chi connectivity index (χ0n) is 11.5. The van der Waals surface area contributed by atoms with E-state index in [1.165, 1.54) is 18.2 Å². The molecule has 116 valence electrons. The molecule has 0 heterocycles. The molecule has 8 heteroatoms. The van der Waals surface area contributed by atoms with E-state index in [2.05, 4.69) is 9.71 Å². The SMILES string of the molecule is Cc1ccc(S(=O)(=O)/N=C(\N)Nc2ccc(Cl)c(Cl)c2)cc1. The number of sulfonamides is 1. The lowest BCUT2D eigenvalue weighted by Gasteiger charge is -2.07. The summed E-state index contributed by atoms with van der Waals surface area (Å²) in [5.41, 5.74) is 7.06. The fraction of sp³-hybridized carbons (Fsp3) is 0.0714. The number of benzene rings is 2. The Balaban J connectivity index is 2.23. The molecule has 0 bridgehead atoms. The highest BCUT2D eigenvalue weighted by Gasteiger charge is 2.13. The first kappa shape index (κ1) is 16.6. The molecular formula is C14H13Cl2N3O2S. The van der Waals surface area contributed by atoms with Crippen LogP contribution in [0.25, 0.3) is 0 Å². The maximum absolute atomic E-state index is 12.1. The lowest BCUT2D eigenvalue weighted by Crippen LogP contribution is -2.24. The number of halogens is 2. The molecule has 2 rings (SSSR count). The molecule has 22 heavy (non-hydrogen) atoms. The summed E-state index contributed by atoms with van der Waals surface area (Å²) in [7, 11) is -3.87. The van der Waals surface area contributed by atoms with Gasteiger partial charge in [0.15, 0.2) is 0 Å². The number of nitrogens with one attached hydrogen (secondary N) is 1. The van der Waals surface area contributed by atoms with Crippen molar-refractivity contribution in [2.24, 2.45) is 10.1 Å². The summed E-state index contributed by atoms with van der Waals surface area (Å²) in [6.07, 6.45) is 0. The topological polar surface area (TPSA) is 84.5 Å². The summed E-state index contributed by atoms with van der Waals surface area (Å²) in [6.45, 7) is 1.86. The van der Waals surface area contributed by atoms with Crippen LogP contribution in [0.4, 0.5) is 5.69 Å². The lowest BCUT2D eigenvalue weighted by atomic mass is 10.2. The molecule has 0 aromatic heterocycles. The highest BCUT2D eigenvalue weighted by atomic mass is 35.5. The van der Waals surface area contributed by atoms with Crippen LogP contribution in [0.2, 0.25) is 10.0 Å². The summed E-state index contributed by atoms with van der Waals surface area (Å²) in [6, 6.07) is 11.0. The van der Waals surface area contributed by atoms with Crippen LogP contribution in [0.3, 0.4) is 0 Å². The molecule has 0 spiro atoms. The third-order valence-electron chi connectivity index (χ3n) is 2.73. The largest absolute Gasteiger partial charge is 0.369 e. The average Bonchev–Trinajstić information content (AvgIpc) is 2.42. The van der Waals surface area contributed by atoms with Gasteiger partial charge in [-0.15, -0.1) is 4.40 Å². The highest BCUT2D eigenvalue weighted by Crippen LogP contribution is 2.25. The molecule has 0 aliphatic carbocycles. The van der Waals surface area contributed by atoms with Gasteiger partial charge in [-0.25, -0.2) is 0 Å². The van der Waals surface area contributed by atoms with Crippen LogP contribution in [0.5, 0.6) is 0 Å². The molecule has 3 N–H and O–H groups in total. The Labute approximate surface area is 138 Å². The minimum absolute atomic E-state index is 0.0667. The standard InChI is InChI=1S/C14H13Cl2N3O2S/c1-9-2-5-11(6-3-9)22(20,21)19-14(17)18-10-4-7-12(15)13(16)8-10/h2-8H,1H3,(H3,17,18,19). The van der Waals surface area contributed by atoms with E-state index in [1.54, 1.807) is 24.3 Å². The molecule has 5 nitrogen and oxygen atoms in total. The lowest BCUT2D eigenvalue weighted by molar-refractivity contribution is 0.598. The van der Waals surface area contributed by atoms with Crippen LogP contribution in [0.1, 0.15) is 5.56 Å². The molecule has 2 aromatic carbocycles. The van der Waals surface area contributed by atoms with Gasteiger partial charge < -0.3 is 11.1 Å². The second kappa shape index (κ2) is 6.56. The van der Waals surface area contributed by atoms with Gasteiger partial charge in [0.1, 0.15) is 0 Å². The van der Waals surface area contributed by atoms with Gasteiger partial charge in [0.05, 0.1) is 14.9 Å². The molecule has 0 fully saturated rings. The maximum Gasteiger partial charge on any atom is 0.285 e. The van der Waals surface area contributed by atoms with Crippen molar-refractivity contribution >= 4 is 44.9 Å². The zero-order chi connectivity index (χ0) is 16.3. The van der Waals surface area contributed by atoms with Gasteiger partial charge in [-0.3, -0.25) is 0 Å². The first-order valence-electron chi connectivity index (χ1n) is 6.17. The molecule has 2 aromatic rings. The molecule has 0 unspecified atom stereocenters. The first-order valence-corrected chi connectivity index (χ1v) is 8.37. The summed E-state index contributed by atoms with van der Waals surface area (Å²) in [4.78, 5) is 0.0667. The van der Waals surface area contributed by atoms with E-state index in [9.17, 15) is 8.42 Å². The van der Waals surface area contributed by atoms with Gasteiger partial charge in [0, 0.05) is 5.69 Å². The third-order valence-corrected chi connectivity index (χ3v) is 4.77. The monoisotopic (exact) mass is 357 g/mol. The summed E-state index contributed by atoms with van der Waals surface area (Å²) < 4.78 is 27.8. The van der Waals surface area contributed by atoms with Crippen molar-refractivity contribution in [3.8, 4) is 0 Å². The molecular weight excluding hydrogens is 345 g/mol. The van der Waals surface area contributed by atoms with Crippen LogP contribution < -0.4 is 11.1 Å². The second-order valence-corrected chi connectivity index (χ2v) is 6.94. The molecule has 0 aliphatic rings. The Hall–Kier alpha value is -1.76. The van der Waals surface area contributed by atoms with Gasteiger partial charge in [0.2, 0.25) is 5.96 Å². The van der Waals surface area contributed by atoms with Crippen molar-refractivity contribution in [1.82, 2.24) is 0 Å². The summed E-state index contributed by atoms with van der Waals surface area (Å²) in [5, 5.41) is 3.36. The van der Waals surface area contributed by atoms with Gasteiger partial charge in [0.25, 0.3) is 10.0 Å². The number of nitrogens with zero attached hydrogens (tertiary/aromatic N) is 1. The Morgan fingerprint density at radius 3 is 2.32 bits per heavy atom. The van der Waals surface area contributed by atoms with E-state index in [-0.39, 0.29) is 10.9 Å². The Kier molecular flexibility index (Phi) is 4.95. The quantitative estimate of drug-likeness (QED) is 0.650. The van der Waals surface area contributed by atoms with E-state index in [4.69, 9.17) is 28.9 Å². The average molecular weight is 358 g/mol. The molecule has 0 radical (unpaired) electrons. The third kappa shape index (κ3) is 4.13. The van der Waals surface area contributed by atoms with E-state index in [1.807, 2.05) is 6.92 Å². The van der Waals surface area contributed by atoms with Crippen LogP contribution in [-0.2, 0) is 10.0 Å². The van der Waals surface area contributed by atoms with Crippen LogP contribution >= 0.6 is 23.2 Å². The summed E-state index contributed by atoms with van der Waals surface area (Å²) in [5.74, 6) is -0.265. The Bertz CT molecular complexity index is 818. The number of aryl methyl sites for hydroxylation is 1. The van der Waals surface area contributed by atoms with Crippen molar-refractivity contribution in [2.45, 2.75) is 11.8 Å². The van der Waals surface area contributed by atoms with Crippen molar-refractivity contribution in [1.29, 1.82) is 0 Å². The van der Waals surface area contributed by atoms with Crippen molar-refractivity contribution in [3.05, 3.63) is 58.1 Å². The number of nitrogens with two attached hydrogens (primary N) is 1. The van der Waals surface area contributed by atoms with Crippen LogP contribution in [0.15, 0.2) is 51.8 Å². The van der Waals surface area contributed by atoms with Gasteiger partial charge in [-0.2, -0.15) is 8.42 Å². The molecule has 0 saturated carbocycles. The van der Waals surface area contributed by atoms with Crippen LogP contribution in [-0.4, -0.2) is 14.4 Å². The normalized spacial score (nSPS) is 12.2. The maximum atomic E-state index is 12.1. The van der Waals surface area contributed by atoms with Crippen molar-refractivity contribution in [3.63, 3.8) is 0 Å². The number of hydrogen-bond acceptors (Lipinski definition) is 2. The zero-order valence-corrected chi connectivity index (χ0v) is 13.9. The van der Waals surface area contributed by atoms with E-state index in [0.717, 1.165) is 5.56 Å². The number of anilines is 1. The van der Waals surface area contributed by atoms with Crippen molar-refractivity contribution in [2.75, 3.05) is 5.32 Å². The Morgan fingerprint density at radius 1 is 1.09 bits per heavy atom. The predicted octanol–water partition coefficient (Wildman–Crippen LogP) is 3.42. The minimum Gasteiger partial charge on any atom is -0.369 e. The molecule has 0 saturated heterocycles.